The Hall–Kier alpha value is -3.62. The number of ether oxygens (including phenoxy) is 1. The maximum atomic E-state index is 12.9. The number of carbonyl (C=O) groups excluding carboxylic acids is 2. The zero-order valence-electron chi connectivity index (χ0n) is 21.6. The van der Waals surface area contributed by atoms with Gasteiger partial charge in [0.2, 0.25) is 11.8 Å². The third-order valence-electron chi connectivity index (χ3n) is 6.80. The maximum Gasteiger partial charge on any atom is 0.407 e. The number of hydrogen-bond acceptors (Lipinski definition) is 6. The number of rotatable bonds is 4. The number of amides is 3. The number of carbonyl (C=O) groups is 3. The van der Waals surface area contributed by atoms with E-state index >= 15 is 0 Å². The molecule has 1 aromatic heterocycles. The van der Waals surface area contributed by atoms with Crippen molar-refractivity contribution in [3.8, 4) is 11.8 Å². The standard InChI is InChI=1S/C26H33N5O6/c1-26(2,3)30(25(35)36)16-18-15-29(12-13-37-18)11-5-6-17-7-8-19-21(14-17)28(4)24(34)31(19)20-9-10-22(32)27-23(20)33/h7-8,14,18,20H,9-13,15-16H2,1-4H3,(H,35,36)(H,27,32,33)/t18-,20?/m1/s1. The second kappa shape index (κ2) is 10.4. The summed E-state index contributed by atoms with van der Waals surface area (Å²) < 4.78 is 8.74. The number of benzene rings is 1. The van der Waals surface area contributed by atoms with Gasteiger partial charge in [-0.3, -0.25) is 28.9 Å². The molecule has 3 amide bonds. The van der Waals surface area contributed by atoms with E-state index in [4.69, 9.17) is 4.74 Å². The Kier molecular flexibility index (Phi) is 7.43. The molecule has 2 N–H and O–H groups in total. The number of aromatic nitrogens is 2. The molecule has 2 aliphatic heterocycles. The number of imide groups is 1. The zero-order chi connectivity index (χ0) is 26.9. The van der Waals surface area contributed by atoms with Crippen LogP contribution in [0.3, 0.4) is 0 Å². The molecule has 2 atom stereocenters. The first-order valence-corrected chi connectivity index (χ1v) is 12.3. The van der Waals surface area contributed by atoms with E-state index in [0.29, 0.717) is 37.3 Å². The first-order valence-electron chi connectivity index (χ1n) is 12.3. The maximum absolute atomic E-state index is 12.9. The van der Waals surface area contributed by atoms with Gasteiger partial charge in [-0.05, 0) is 45.4 Å². The van der Waals surface area contributed by atoms with E-state index in [1.165, 1.54) is 14.0 Å². The van der Waals surface area contributed by atoms with E-state index in [0.717, 1.165) is 5.56 Å². The van der Waals surface area contributed by atoms with Crippen LogP contribution in [0.4, 0.5) is 4.79 Å². The first-order chi connectivity index (χ1) is 17.5. The molecule has 0 bridgehead atoms. The van der Waals surface area contributed by atoms with Crippen LogP contribution in [-0.4, -0.2) is 86.4 Å². The monoisotopic (exact) mass is 511 g/mol. The molecule has 4 rings (SSSR count). The van der Waals surface area contributed by atoms with Gasteiger partial charge in [-0.2, -0.15) is 0 Å². The molecule has 1 aromatic carbocycles. The van der Waals surface area contributed by atoms with Gasteiger partial charge in [0.1, 0.15) is 6.04 Å². The third-order valence-corrected chi connectivity index (χ3v) is 6.80. The lowest BCUT2D eigenvalue weighted by atomic mass is 10.1. The van der Waals surface area contributed by atoms with Crippen LogP contribution in [0.25, 0.3) is 11.0 Å². The minimum atomic E-state index is -0.968. The Morgan fingerprint density at radius 2 is 2.00 bits per heavy atom. The highest BCUT2D eigenvalue weighted by atomic mass is 16.5. The van der Waals surface area contributed by atoms with Crippen molar-refractivity contribution < 1.29 is 24.2 Å². The average Bonchev–Trinajstić information content (AvgIpc) is 3.07. The summed E-state index contributed by atoms with van der Waals surface area (Å²) in [6, 6.07) is 4.69. The van der Waals surface area contributed by atoms with Gasteiger partial charge in [0.25, 0.3) is 0 Å². The topological polar surface area (TPSA) is 126 Å². The molecule has 3 heterocycles. The number of fused-ring (bicyclic) bond motifs is 1. The number of nitrogens with one attached hydrogen (secondary N) is 1. The van der Waals surface area contributed by atoms with Crippen molar-refractivity contribution in [3.63, 3.8) is 0 Å². The van der Waals surface area contributed by atoms with Crippen LogP contribution in [0.5, 0.6) is 0 Å². The Labute approximate surface area is 215 Å². The quantitative estimate of drug-likeness (QED) is 0.466. The molecule has 2 aliphatic rings. The predicted octanol–water partition coefficient (Wildman–Crippen LogP) is 1.15. The number of aryl methyl sites for hydroxylation is 1. The van der Waals surface area contributed by atoms with Gasteiger partial charge in [-0.1, -0.05) is 11.8 Å². The molecular formula is C26H33N5O6. The average molecular weight is 512 g/mol. The molecule has 11 nitrogen and oxygen atoms in total. The fraction of sp³-hybridized carbons (Fsp3) is 0.538. The minimum Gasteiger partial charge on any atom is -0.465 e. The summed E-state index contributed by atoms with van der Waals surface area (Å²) in [6.07, 6.45) is -0.727. The molecule has 37 heavy (non-hydrogen) atoms. The second-order valence-electron chi connectivity index (χ2n) is 10.5. The van der Waals surface area contributed by atoms with Crippen molar-refractivity contribution in [1.29, 1.82) is 0 Å². The molecule has 1 unspecified atom stereocenters. The van der Waals surface area contributed by atoms with Gasteiger partial charge in [-0.25, -0.2) is 9.59 Å². The SMILES string of the molecule is Cn1c(=O)n(C2CCC(=O)NC2=O)c2ccc(C#CCN3CCO[C@@H](CN(C(=O)O)C(C)(C)C)C3)cc21. The van der Waals surface area contributed by atoms with Crippen molar-refractivity contribution in [2.75, 3.05) is 32.8 Å². The molecule has 198 valence electrons. The van der Waals surface area contributed by atoms with Crippen LogP contribution >= 0.6 is 0 Å². The number of imidazole rings is 1. The van der Waals surface area contributed by atoms with Gasteiger partial charge in [0.15, 0.2) is 0 Å². The van der Waals surface area contributed by atoms with Gasteiger partial charge in [0, 0.05) is 37.7 Å². The van der Waals surface area contributed by atoms with E-state index < -0.39 is 23.6 Å². The van der Waals surface area contributed by atoms with Crippen LogP contribution in [0.15, 0.2) is 23.0 Å². The van der Waals surface area contributed by atoms with Crippen molar-refractivity contribution in [2.45, 2.75) is 51.3 Å². The summed E-state index contributed by atoms with van der Waals surface area (Å²) in [7, 11) is 1.65. The largest absolute Gasteiger partial charge is 0.465 e. The lowest BCUT2D eigenvalue weighted by Gasteiger charge is -2.39. The molecule has 2 saturated heterocycles. The Balaban J connectivity index is 1.46. The van der Waals surface area contributed by atoms with Crippen LogP contribution in [0, 0.1) is 11.8 Å². The van der Waals surface area contributed by atoms with E-state index in [9.17, 15) is 24.3 Å². The third kappa shape index (κ3) is 5.70. The molecular weight excluding hydrogens is 478 g/mol. The summed E-state index contributed by atoms with van der Waals surface area (Å²) >= 11 is 0. The van der Waals surface area contributed by atoms with E-state index in [1.807, 2.05) is 32.9 Å². The normalized spacial score (nSPS) is 20.9. The van der Waals surface area contributed by atoms with Crippen molar-refractivity contribution in [1.82, 2.24) is 24.3 Å². The summed E-state index contributed by atoms with van der Waals surface area (Å²) in [4.78, 5) is 52.0. The van der Waals surface area contributed by atoms with Gasteiger partial charge < -0.3 is 14.7 Å². The molecule has 0 spiro atoms. The molecule has 2 aromatic rings. The van der Waals surface area contributed by atoms with E-state index in [-0.39, 0.29) is 37.1 Å². The van der Waals surface area contributed by atoms with Gasteiger partial charge in [-0.15, -0.1) is 0 Å². The second-order valence-corrected chi connectivity index (χ2v) is 10.5. The molecule has 0 saturated carbocycles. The van der Waals surface area contributed by atoms with Crippen LogP contribution in [0.2, 0.25) is 0 Å². The smallest absolute Gasteiger partial charge is 0.407 e. The highest BCUT2D eigenvalue weighted by Crippen LogP contribution is 2.23. The summed E-state index contributed by atoms with van der Waals surface area (Å²) in [5.74, 6) is 5.53. The lowest BCUT2D eigenvalue weighted by molar-refractivity contribution is -0.135. The molecule has 0 radical (unpaired) electrons. The summed E-state index contributed by atoms with van der Waals surface area (Å²) in [5, 5.41) is 11.9. The molecule has 0 aliphatic carbocycles. The Bertz CT molecular complexity index is 1340. The van der Waals surface area contributed by atoms with Crippen molar-refractivity contribution in [2.24, 2.45) is 7.05 Å². The molecule has 2 fully saturated rings. The minimum absolute atomic E-state index is 0.190. The van der Waals surface area contributed by atoms with Crippen LogP contribution in [0.1, 0.15) is 45.2 Å². The predicted molar refractivity (Wildman–Crippen MR) is 136 cm³/mol. The fourth-order valence-corrected chi connectivity index (χ4v) is 4.80. The first kappa shape index (κ1) is 26.4. The zero-order valence-corrected chi connectivity index (χ0v) is 21.6. The fourth-order valence-electron chi connectivity index (χ4n) is 4.80. The summed E-state index contributed by atoms with van der Waals surface area (Å²) in [6.45, 7) is 8.16. The van der Waals surface area contributed by atoms with Crippen molar-refractivity contribution in [3.05, 3.63) is 34.2 Å². The highest BCUT2D eigenvalue weighted by molar-refractivity contribution is 6.00. The van der Waals surface area contributed by atoms with Crippen LogP contribution in [-0.2, 0) is 21.4 Å². The Morgan fingerprint density at radius 1 is 1.24 bits per heavy atom. The molecule has 11 heteroatoms. The van der Waals surface area contributed by atoms with E-state index in [1.54, 1.807) is 13.1 Å². The number of hydrogen-bond donors (Lipinski definition) is 2. The number of carboxylic acid groups (broad SMARTS) is 1. The summed E-state index contributed by atoms with van der Waals surface area (Å²) in [5.41, 5.74) is 1.17. The Morgan fingerprint density at radius 3 is 2.68 bits per heavy atom. The van der Waals surface area contributed by atoms with Gasteiger partial charge >= 0.3 is 11.8 Å². The number of piperidine rings is 1. The number of morpholine rings is 1. The van der Waals surface area contributed by atoms with Crippen molar-refractivity contribution >= 4 is 28.9 Å². The van der Waals surface area contributed by atoms with Crippen LogP contribution < -0.4 is 11.0 Å². The lowest BCUT2D eigenvalue weighted by Crippen LogP contribution is -2.53. The number of nitrogens with zero attached hydrogens (tertiary/aromatic N) is 4. The van der Waals surface area contributed by atoms with Gasteiger partial charge in [0.05, 0.1) is 36.8 Å². The highest BCUT2D eigenvalue weighted by Gasteiger charge is 2.32. The van der Waals surface area contributed by atoms with E-state index in [2.05, 4.69) is 22.1 Å².